The first-order chi connectivity index (χ1) is 8.86. The third-order valence-electron chi connectivity index (χ3n) is 2.35. The van der Waals surface area contributed by atoms with Crippen molar-refractivity contribution in [3.05, 3.63) is 53.8 Å². The molecule has 0 atom stereocenters. The predicted molar refractivity (Wildman–Crippen MR) is 62.3 cm³/mol. The van der Waals surface area contributed by atoms with Crippen LogP contribution in [0.4, 0.5) is 23.2 Å². The van der Waals surface area contributed by atoms with Crippen LogP contribution in [0, 0.1) is 5.82 Å². The van der Waals surface area contributed by atoms with Crippen molar-refractivity contribution in [2.24, 2.45) is 0 Å². The third-order valence-corrected chi connectivity index (χ3v) is 2.35. The van der Waals surface area contributed by atoms with Crippen molar-refractivity contribution in [1.29, 1.82) is 0 Å². The van der Waals surface area contributed by atoms with Crippen molar-refractivity contribution >= 4 is 5.69 Å². The SMILES string of the molecule is Nc1ccc(Oc2cccc(C(F)(F)F)c2)c(F)c1. The average molecular weight is 271 g/mol. The van der Waals surface area contributed by atoms with Crippen molar-refractivity contribution in [2.45, 2.75) is 6.18 Å². The minimum absolute atomic E-state index is 0.0986. The highest BCUT2D eigenvalue weighted by Gasteiger charge is 2.30. The molecule has 0 radical (unpaired) electrons. The maximum atomic E-state index is 13.4. The summed E-state index contributed by atoms with van der Waals surface area (Å²) in [6.45, 7) is 0. The third kappa shape index (κ3) is 3.15. The van der Waals surface area contributed by atoms with E-state index < -0.39 is 17.6 Å². The number of halogens is 4. The molecular weight excluding hydrogens is 262 g/mol. The van der Waals surface area contributed by atoms with E-state index in [2.05, 4.69) is 0 Å². The summed E-state index contributed by atoms with van der Waals surface area (Å²) in [5.41, 5.74) is 4.70. The second-order valence-electron chi connectivity index (χ2n) is 3.82. The first kappa shape index (κ1) is 13.2. The van der Waals surface area contributed by atoms with Gasteiger partial charge in [-0.2, -0.15) is 13.2 Å². The zero-order valence-corrected chi connectivity index (χ0v) is 9.54. The average Bonchev–Trinajstić information content (AvgIpc) is 2.32. The van der Waals surface area contributed by atoms with Crippen molar-refractivity contribution in [2.75, 3.05) is 5.73 Å². The second-order valence-corrected chi connectivity index (χ2v) is 3.82. The van der Waals surface area contributed by atoms with Crippen LogP contribution in [0.3, 0.4) is 0 Å². The van der Waals surface area contributed by atoms with E-state index in [-0.39, 0.29) is 17.2 Å². The van der Waals surface area contributed by atoms with Gasteiger partial charge in [0, 0.05) is 11.8 Å². The van der Waals surface area contributed by atoms with Gasteiger partial charge in [-0.3, -0.25) is 0 Å². The molecule has 0 aliphatic heterocycles. The van der Waals surface area contributed by atoms with Crippen molar-refractivity contribution in [3.8, 4) is 11.5 Å². The van der Waals surface area contributed by atoms with Gasteiger partial charge in [-0.25, -0.2) is 4.39 Å². The minimum Gasteiger partial charge on any atom is -0.454 e. The summed E-state index contributed by atoms with van der Waals surface area (Å²) in [7, 11) is 0. The number of hydrogen-bond acceptors (Lipinski definition) is 2. The monoisotopic (exact) mass is 271 g/mol. The van der Waals surface area contributed by atoms with Gasteiger partial charge in [0.15, 0.2) is 11.6 Å². The summed E-state index contributed by atoms with van der Waals surface area (Å²) in [5, 5.41) is 0. The Labute approximate surface area is 106 Å². The van der Waals surface area contributed by atoms with E-state index in [1.165, 1.54) is 24.3 Å². The van der Waals surface area contributed by atoms with Crippen LogP contribution in [0.5, 0.6) is 11.5 Å². The molecule has 0 saturated carbocycles. The largest absolute Gasteiger partial charge is 0.454 e. The molecule has 2 aromatic rings. The highest BCUT2D eigenvalue weighted by atomic mass is 19.4. The van der Waals surface area contributed by atoms with E-state index >= 15 is 0 Å². The number of rotatable bonds is 2. The van der Waals surface area contributed by atoms with E-state index in [1.54, 1.807) is 0 Å². The molecule has 2 N–H and O–H groups in total. The molecular formula is C13H9F4NO. The van der Waals surface area contributed by atoms with Gasteiger partial charge < -0.3 is 10.5 Å². The molecule has 0 bridgehead atoms. The van der Waals surface area contributed by atoms with Crippen LogP contribution in [-0.4, -0.2) is 0 Å². The summed E-state index contributed by atoms with van der Waals surface area (Å²) >= 11 is 0. The lowest BCUT2D eigenvalue weighted by Crippen LogP contribution is -2.04. The summed E-state index contributed by atoms with van der Waals surface area (Å²) in [5.74, 6) is -1.02. The molecule has 0 aliphatic rings. The van der Waals surface area contributed by atoms with E-state index in [4.69, 9.17) is 10.5 Å². The number of nitrogen functional groups attached to an aromatic ring is 1. The fraction of sp³-hybridized carbons (Fsp3) is 0.0769. The van der Waals surface area contributed by atoms with E-state index in [1.807, 2.05) is 0 Å². The maximum Gasteiger partial charge on any atom is 0.416 e. The Morgan fingerprint density at radius 3 is 2.37 bits per heavy atom. The molecule has 2 aromatic carbocycles. The first-order valence-electron chi connectivity index (χ1n) is 5.26. The van der Waals surface area contributed by atoms with Crippen LogP contribution >= 0.6 is 0 Å². The number of nitrogens with two attached hydrogens (primary N) is 1. The molecule has 0 amide bonds. The summed E-state index contributed by atoms with van der Waals surface area (Å²) in [6.07, 6.45) is -4.47. The van der Waals surface area contributed by atoms with Gasteiger partial charge in [0.05, 0.1) is 5.56 Å². The lowest BCUT2D eigenvalue weighted by Gasteiger charge is -2.10. The number of hydrogen-bond donors (Lipinski definition) is 1. The molecule has 0 spiro atoms. The molecule has 100 valence electrons. The fourth-order valence-corrected chi connectivity index (χ4v) is 1.46. The normalized spacial score (nSPS) is 11.4. The molecule has 19 heavy (non-hydrogen) atoms. The highest BCUT2D eigenvalue weighted by molar-refractivity contribution is 5.44. The van der Waals surface area contributed by atoms with Crippen LogP contribution in [0.25, 0.3) is 0 Å². The second kappa shape index (κ2) is 4.79. The van der Waals surface area contributed by atoms with Gasteiger partial charge in [0.25, 0.3) is 0 Å². The molecule has 2 nitrogen and oxygen atoms in total. The van der Waals surface area contributed by atoms with Crippen LogP contribution < -0.4 is 10.5 Å². The molecule has 0 saturated heterocycles. The highest BCUT2D eigenvalue weighted by Crippen LogP contribution is 2.33. The number of benzene rings is 2. The molecule has 6 heteroatoms. The number of ether oxygens (including phenoxy) is 1. The predicted octanol–water partition coefficient (Wildman–Crippen LogP) is 4.22. The Hall–Kier alpha value is -2.24. The molecule has 0 unspecified atom stereocenters. The lowest BCUT2D eigenvalue weighted by molar-refractivity contribution is -0.137. The Kier molecular flexibility index (Phi) is 3.33. The Balaban J connectivity index is 2.29. The standard InChI is InChI=1S/C13H9F4NO/c14-11-7-9(18)4-5-12(11)19-10-3-1-2-8(6-10)13(15,16)17/h1-7H,18H2. The maximum absolute atomic E-state index is 13.4. The topological polar surface area (TPSA) is 35.2 Å². The van der Waals surface area contributed by atoms with Crippen LogP contribution in [0.15, 0.2) is 42.5 Å². The smallest absolute Gasteiger partial charge is 0.416 e. The van der Waals surface area contributed by atoms with Crippen LogP contribution in [0.1, 0.15) is 5.56 Å². The summed E-state index contributed by atoms with van der Waals surface area (Å²) in [4.78, 5) is 0. The lowest BCUT2D eigenvalue weighted by atomic mass is 10.2. The zero-order chi connectivity index (χ0) is 14.0. The molecule has 0 heterocycles. The zero-order valence-electron chi connectivity index (χ0n) is 9.54. The number of anilines is 1. The van der Waals surface area contributed by atoms with Crippen LogP contribution in [0.2, 0.25) is 0 Å². The number of alkyl halides is 3. The van der Waals surface area contributed by atoms with Crippen molar-refractivity contribution < 1.29 is 22.3 Å². The van der Waals surface area contributed by atoms with Gasteiger partial charge >= 0.3 is 6.18 Å². The molecule has 0 aliphatic carbocycles. The molecule has 0 fully saturated rings. The van der Waals surface area contributed by atoms with E-state index in [0.717, 1.165) is 18.2 Å². The van der Waals surface area contributed by atoms with Gasteiger partial charge in [-0.1, -0.05) is 6.07 Å². The fourth-order valence-electron chi connectivity index (χ4n) is 1.46. The molecule has 0 aromatic heterocycles. The van der Waals surface area contributed by atoms with Crippen molar-refractivity contribution in [1.82, 2.24) is 0 Å². The first-order valence-corrected chi connectivity index (χ1v) is 5.26. The van der Waals surface area contributed by atoms with Gasteiger partial charge in [0.1, 0.15) is 5.75 Å². The van der Waals surface area contributed by atoms with E-state index in [0.29, 0.717) is 0 Å². The Bertz CT molecular complexity index is 595. The van der Waals surface area contributed by atoms with Gasteiger partial charge in [-0.05, 0) is 30.3 Å². The quantitative estimate of drug-likeness (QED) is 0.655. The molecule has 2 rings (SSSR count). The van der Waals surface area contributed by atoms with Crippen LogP contribution in [-0.2, 0) is 6.18 Å². The van der Waals surface area contributed by atoms with Gasteiger partial charge in [0.2, 0.25) is 0 Å². The van der Waals surface area contributed by atoms with Gasteiger partial charge in [-0.15, -0.1) is 0 Å². The summed E-state index contributed by atoms with van der Waals surface area (Å²) < 4.78 is 56.0. The minimum atomic E-state index is -4.47. The van der Waals surface area contributed by atoms with Crippen molar-refractivity contribution in [3.63, 3.8) is 0 Å². The summed E-state index contributed by atoms with van der Waals surface area (Å²) in [6, 6.07) is 7.89. The van der Waals surface area contributed by atoms with E-state index in [9.17, 15) is 17.6 Å². The Morgan fingerprint density at radius 2 is 1.74 bits per heavy atom. The Morgan fingerprint density at radius 1 is 1.00 bits per heavy atom.